The molecule has 0 spiro atoms. The van der Waals surface area contributed by atoms with E-state index in [1.165, 1.54) is 0 Å². The van der Waals surface area contributed by atoms with E-state index in [-0.39, 0.29) is 18.3 Å². The molecule has 2 saturated heterocycles. The predicted molar refractivity (Wildman–Crippen MR) is 99.1 cm³/mol. The van der Waals surface area contributed by atoms with Crippen LogP contribution in [0, 0.1) is 11.8 Å². The molecule has 2 fully saturated rings. The summed E-state index contributed by atoms with van der Waals surface area (Å²) in [5.41, 5.74) is 0.889. The van der Waals surface area contributed by atoms with E-state index in [1.54, 1.807) is 0 Å². The Hall–Kier alpha value is -1.17. The second-order valence-corrected chi connectivity index (χ2v) is 7.32. The molecule has 2 atom stereocenters. The van der Waals surface area contributed by atoms with Crippen LogP contribution in [-0.4, -0.2) is 50.2 Å². The van der Waals surface area contributed by atoms with Gasteiger partial charge in [0, 0.05) is 13.1 Å². The molecule has 0 bridgehead atoms. The van der Waals surface area contributed by atoms with Crippen molar-refractivity contribution in [2.24, 2.45) is 11.8 Å². The molecule has 0 aliphatic carbocycles. The van der Waals surface area contributed by atoms with Crippen molar-refractivity contribution >= 4 is 29.9 Å². The quantitative estimate of drug-likeness (QED) is 0.848. The minimum atomic E-state index is 0. The number of hydrogen-bond donors (Lipinski definition) is 1. The fourth-order valence-electron chi connectivity index (χ4n) is 4.02. The number of nitrogens with zero attached hydrogens (tertiary/aromatic N) is 1. The summed E-state index contributed by atoms with van der Waals surface area (Å²) in [5, 5.41) is 3.99. The SMILES string of the molecule is Cl.O=C(Cc1cc(Cl)c2c(c1)OCCO2)N1CC[C@@H]2CNC[C@@H]2CC1. The number of fused-ring (bicyclic) bond motifs is 2. The standard InChI is InChI=1S/C18H23ClN2O3.ClH/c19-15-7-12(8-16-18(15)24-6-5-23-16)9-17(22)21-3-1-13-10-20-11-14(13)2-4-21;/h7-8,13-14,20H,1-6,9-11H2;1H/t13-,14+;. The van der Waals surface area contributed by atoms with Gasteiger partial charge in [0.1, 0.15) is 13.2 Å². The number of benzene rings is 1. The van der Waals surface area contributed by atoms with Gasteiger partial charge in [-0.2, -0.15) is 0 Å². The van der Waals surface area contributed by atoms with Crippen LogP contribution in [0.5, 0.6) is 11.5 Å². The number of halogens is 2. The highest BCUT2D eigenvalue weighted by atomic mass is 35.5. The van der Waals surface area contributed by atoms with Gasteiger partial charge in [-0.1, -0.05) is 11.6 Å². The van der Waals surface area contributed by atoms with Gasteiger partial charge in [0.25, 0.3) is 0 Å². The van der Waals surface area contributed by atoms with E-state index in [2.05, 4.69) is 5.32 Å². The zero-order valence-corrected chi connectivity index (χ0v) is 15.7. The van der Waals surface area contributed by atoms with Crippen LogP contribution < -0.4 is 14.8 Å². The molecule has 7 heteroatoms. The van der Waals surface area contributed by atoms with Crippen molar-refractivity contribution < 1.29 is 14.3 Å². The fourth-order valence-corrected chi connectivity index (χ4v) is 4.31. The summed E-state index contributed by atoms with van der Waals surface area (Å²) in [7, 11) is 0. The number of hydrogen-bond acceptors (Lipinski definition) is 4. The Balaban J connectivity index is 0.00000182. The summed E-state index contributed by atoms with van der Waals surface area (Å²) in [6.07, 6.45) is 2.57. The molecule has 0 aromatic heterocycles. The molecule has 4 rings (SSSR count). The Morgan fingerprint density at radius 2 is 1.84 bits per heavy atom. The van der Waals surface area contributed by atoms with Crippen molar-refractivity contribution in [3.63, 3.8) is 0 Å². The number of carbonyl (C=O) groups excluding carboxylic acids is 1. The van der Waals surface area contributed by atoms with Gasteiger partial charge >= 0.3 is 0 Å². The second kappa shape index (κ2) is 8.02. The van der Waals surface area contributed by atoms with Gasteiger partial charge in [0.15, 0.2) is 11.5 Å². The highest BCUT2D eigenvalue weighted by molar-refractivity contribution is 6.32. The lowest BCUT2D eigenvalue weighted by atomic mass is 9.92. The highest BCUT2D eigenvalue weighted by Crippen LogP contribution is 2.38. The first-order valence-electron chi connectivity index (χ1n) is 8.77. The molecule has 1 amide bonds. The van der Waals surface area contributed by atoms with Gasteiger partial charge in [-0.3, -0.25) is 4.79 Å². The Bertz CT molecular complexity index is 627. The Labute approximate surface area is 159 Å². The van der Waals surface area contributed by atoms with Crippen LogP contribution in [0.3, 0.4) is 0 Å². The molecule has 3 aliphatic heterocycles. The molecular formula is C18H24Cl2N2O3. The van der Waals surface area contributed by atoms with Gasteiger partial charge in [0.2, 0.25) is 5.91 Å². The molecule has 25 heavy (non-hydrogen) atoms. The predicted octanol–water partition coefficient (Wildman–Crippen LogP) is 2.53. The van der Waals surface area contributed by atoms with Gasteiger partial charge in [-0.25, -0.2) is 0 Å². The maximum Gasteiger partial charge on any atom is 0.226 e. The number of rotatable bonds is 2. The van der Waals surface area contributed by atoms with Crippen molar-refractivity contribution in [2.75, 3.05) is 39.4 Å². The van der Waals surface area contributed by atoms with Crippen LogP contribution in [0.15, 0.2) is 12.1 Å². The van der Waals surface area contributed by atoms with E-state index in [1.807, 2.05) is 17.0 Å². The zero-order valence-electron chi connectivity index (χ0n) is 14.1. The highest BCUT2D eigenvalue weighted by Gasteiger charge is 2.31. The molecule has 3 heterocycles. The third-order valence-electron chi connectivity index (χ3n) is 5.38. The van der Waals surface area contributed by atoms with Crippen molar-refractivity contribution in [2.45, 2.75) is 19.3 Å². The topological polar surface area (TPSA) is 50.8 Å². The van der Waals surface area contributed by atoms with Crippen LogP contribution in [0.4, 0.5) is 0 Å². The van der Waals surface area contributed by atoms with Crippen LogP contribution in [0.1, 0.15) is 18.4 Å². The third-order valence-corrected chi connectivity index (χ3v) is 5.66. The first-order valence-corrected chi connectivity index (χ1v) is 9.15. The van der Waals surface area contributed by atoms with Crippen molar-refractivity contribution in [3.8, 4) is 11.5 Å². The lowest BCUT2D eigenvalue weighted by Gasteiger charge is -2.23. The minimum Gasteiger partial charge on any atom is -0.486 e. The summed E-state index contributed by atoms with van der Waals surface area (Å²) in [6.45, 7) is 4.95. The summed E-state index contributed by atoms with van der Waals surface area (Å²) in [4.78, 5) is 14.7. The number of carbonyl (C=O) groups is 1. The van der Waals surface area contributed by atoms with Gasteiger partial charge in [-0.15, -0.1) is 12.4 Å². The third kappa shape index (κ3) is 3.99. The first kappa shape index (κ1) is 18.6. The van der Waals surface area contributed by atoms with Crippen LogP contribution >= 0.6 is 24.0 Å². The molecule has 1 aromatic carbocycles. The van der Waals surface area contributed by atoms with Crippen molar-refractivity contribution in [3.05, 3.63) is 22.7 Å². The largest absolute Gasteiger partial charge is 0.486 e. The minimum absolute atomic E-state index is 0. The maximum absolute atomic E-state index is 12.7. The Kier molecular flexibility index (Phi) is 5.97. The molecular weight excluding hydrogens is 363 g/mol. The van der Waals surface area contributed by atoms with E-state index < -0.39 is 0 Å². The zero-order chi connectivity index (χ0) is 16.5. The summed E-state index contributed by atoms with van der Waals surface area (Å²) in [6, 6.07) is 3.71. The number of likely N-dealkylation sites (tertiary alicyclic amines) is 1. The lowest BCUT2D eigenvalue weighted by molar-refractivity contribution is -0.130. The average Bonchev–Trinajstić information content (AvgIpc) is 2.93. The van der Waals surface area contributed by atoms with Crippen molar-refractivity contribution in [1.29, 1.82) is 0 Å². The van der Waals surface area contributed by atoms with Crippen LogP contribution in [0.25, 0.3) is 0 Å². The monoisotopic (exact) mass is 386 g/mol. The van der Waals surface area contributed by atoms with Crippen molar-refractivity contribution in [1.82, 2.24) is 10.2 Å². The van der Waals surface area contributed by atoms with E-state index >= 15 is 0 Å². The number of nitrogens with one attached hydrogen (secondary N) is 1. The Morgan fingerprint density at radius 3 is 2.56 bits per heavy atom. The van der Waals surface area contributed by atoms with Crippen LogP contribution in [0.2, 0.25) is 5.02 Å². The van der Waals surface area contributed by atoms with Gasteiger partial charge < -0.3 is 19.7 Å². The lowest BCUT2D eigenvalue weighted by Crippen LogP contribution is -2.34. The second-order valence-electron chi connectivity index (χ2n) is 6.92. The van der Waals surface area contributed by atoms with Gasteiger partial charge in [0.05, 0.1) is 11.4 Å². The molecule has 1 aromatic rings. The fraction of sp³-hybridized carbons (Fsp3) is 0.611. The summed E-state index contributed by atoms with van der Waals surface area (Å²) in [5.74, 6) is 2.87. The maximum atomic E-state index is 12.7. The molecule has 0 unspecified atom stereocenters. The molecule has 0 radical (unpaired) electrons. The average molecular weight is 387 g/mol. The Morgan fingerprint density at radius 1 is 1.16 bits per heavy atom. The van der Waals surface area contributed by atoms with Crippen LogP contribution in [-0.2, 0) is 11.2 Å². The van der Waals surface area contributed by atoms with E-state index in [4.69, 9.17) is 21.1 Å². The molecule has 3 aliphatic rings. The first-order chi connectivity index (χ1) is 11.7. The smallest absolute Gasteiger partial charge is 0.226 e. The molecule has 138 valence electrons. The van der Waals surface area contributed by atoms with E-state index in [9.17, 15) is 4.79 Å². The normalized spacial score (nSPS) is 24.9. The molecule has 5 nitrogen and oxygen atoms in total. The van der Waals surface area contributed by atoms with E-state index in [0.29, 0.717) is 36.2 Å². The van der Waals surface area contributed by atoms with Gasteiger partial charge in [-0.05, 0) is 55.5 Å². The number of ether oxygens (including phenoxy) is 2. The number of amides is 1. The molecule has 0 saturated carbocycles. The van der Waals surface area contributed by atoms with E-state index in [0.717, 1.165) is 56.4 Å². The summed E-state index contributed by atoms with van der Waals surface area (Å²) >= 11 is 6.27. The molecule has 1 N–H and O–H groups in total. The summed E-state index contributed by atoms with van der Waals surface area (Å²) < 4.78 is 11.1.